The van der Waals surface area contributed by atoms with Gasteiger partial charge in [-0.15, -0.1) is 12.4 Å². The van der Waals surface area contributed by atoms with E-state index in [2.05, 4.69) is 15.9 Å². The van der Waals surface area contributed by atoms with Crippen LogP contribution >= 0.6 is 28.3 Å². The molecule has 17 heavy (non-hydrogen) atoms. The number of carbonyl (C=O) groups excluding carboxylic acids is 1. The van der Waals surface area contributed by atoms with Crippen LogP contribution in [0.5, 0.6) is 0 Å². The molecular formula is C12H16BrClN2O. The zero-order chi connectivity index (χ0) is 11.5. The lowest BCUT2D eigenvalue weighted by Gasteiger charge is -2.31. The van der Waals surface area contributed by atoms with E-state index in [1.807, 2.05) is 29.2 Å². The first-order chi connectivity index (χ1) is 7.68. The zero-order valence-electron chi connectivity index (χ0n) is 9.43. The fourth-order valence-electron chi connectivity index (χ4n) is 2.00. The molecule has 1 aromatic carbocycles. The normalized spacial score (nSPS) is 19.6. The van der Waals surface area contributed by atoms with Crippen LogP contribution in [-0.2, 0) is 0 Å². The lowest BCUT2D eigenvalue weighted by atomic mass is 10.1. The van der Waals surface area contributed by atoms with Gasteiger partial charge >= 0.3 is 0 Å². The van der Waals surface area contributed by atoms with Gasteiger partial charge in [0.25, 0.3) is 5.91 Å². The van der Waals surface area contributed by atoms with Gasteiger partial charge < -0.3 is 10.6 Å². The van der Waals surface area contributed by atoms with Gasteiger partial charge in [-0.2, -0.15) is 0 Å². The Morgan fingerprint density at radius 3 is 2.76 bits per heavy atom. The summed E-state index contributed by atoms with van der Waals surface area (Å²) < 4.78 is 0.846. The first-order valence-electron chi connectivity index (χ1n) is 5.48. The van der Waals surface area contributed by atoms with Gasteiger partial charge in [0.05, 0.1) is 5.56 Å². The number of nitrogens with two attached hydrogens (primary N) is 1. The predicted octanol–water partition coefficient (Wildman–Crippen LogP) is 2.43. The van der Waals surface area contributed by atoms with E-state index in [0.29, 0.717) is 6.54 Å². The number of carbonyl (C=O) groups is 1. The standard InChI is InChI=1S/C12H15BrN2O.ClH/c13-11-6-2-1-5-10(11)12(16)15-7-3-4-9(14)8-15;/h1-2,5-6,9H,3-4,7-8,14H2;1H/t9-;/m1./s1. The summed E-state index contributed by atoms with van der Waals surface area (Å²) in [5, 5.41) is 0. The van der Waals surface area contributed by atoms with Crippen LogP contribution in [0.25, 0.3) is 0 Å². The lowest BCUT2D eigenvalue weighted by molar-refractivity contribution is 0.0708. The molecule has 1 amide bonds. The fraction of sp³-hybridized carbons (Fsp3) is 0.417. The monoisotopic (exact) mass is 318 g/mol. The Morgan fingerprint density at radius 2 is 2.12 bits per heavy atom. The van der Waals surface area contributed by atoms with Crippen LogP contribution in [0.2, 0.25) is 0 Å². The van der Waals surface area contributed by atoms with Gasteiger partial charge in [-0.05, 0) is 40.9 Å². The molecule has 3 nitrogen and oxygen atoms in total. The van der Waals surface area contributed by atoms with Crippen molar-refractivity contribution in [3.05, 3.63) is 34.3 Å². The molecule has 0 spiro atoms. The highest BCUT2D eigenvalue weighted by Crippen LogP contribution is 2.19. The number of rotatable bonds is 1. The maximum atomic E-state index is 12.2. The quantitative estimate of drug-likeness (QED) is 0.864. The summed E-state index contributed by atoms with van der Waals surface area (Å²) >= 11 is 3.40. The summed E-state index contributed by atoms with van der Waals surface area (Å²) in [6.45, 7) is 1.48. The Bertz CT molecular complexity index is 400. The maximum Gasteiger partial charge on any atom is 0.255 e. The highest BCUT2D eigenvalue weighted by Gasteiger charge is 2.23. The summed E-state index contributed by atoms with van der Waals surface area (Å²) in [5.74, 6) is 0.0719. The van der Waals surface area contributed by atoms with E-state index < -0.39 is 0 Å². The lowest BCUT2D eigenvalue weighted by Crippen LogP contribution is -2.45. The molecule has 5 heteroatoms. The third kappa shape index (κ3) is 3.44. The number of benzene rings is 1. The van der Waals surface area contributed by atoms with E-state index in [0.717, 1.165) is 29.4 Å². The first kappa shape index (κ1) is 14.5. The Hall–Kier alpha value is -0.580. The molecule has 2 N–H and O–H groups in total. The summed E-state index contributed by atoms with van der Waals surface area (Å²) in [6, 6.07) is 7.63. The second-order valence-electron chi connectivity index (χ2n) is 4.13. The highest BCUT2D eigenvalue weighted by molar-refractivity contribution is 9.10. The topological polar surface area (TPSA) is 46.3 Å². The Kier molecular flexibility index (Phi) is 5.43. The summed E-state index contributed by atoms with van der Waals surface area (Å²) in [6.07, 6.45) is 2.01. The molecular weight excluding hydrogens is 304 g/mol. The Balaban J connectivity index is 0.00000144. The first-order valence-corrected chi connectivity index (χ1v) is 6.27. The molecule has 1 heterocycles. The predicted molar refractivity (Wildman–Crippen MR) is 74.5 cm³/mol. The molecule has 2 rings (SSSR count). The van der Waals surface area contributed by atoms with Crippen molar-refractivity contribution in [1.29, 1.82) is 0 Å². The molecule has 1 saturated heterocycles. The van der Waals surface area contributed by atoms with Crippen LogP contribution in [-0.4, -0.2) is 29.9 Å². The fourth-order valence-corrected chi connectivity index (χ4v) is 2.45. The third-order valence-electron chi connectivity index (χ3n) is 2.85. The number of amides is 1. The van der Waals surface area contributed by atoms with Crippen molar-refractivity contribution < 1.29 is 4.79 Å². The maximum absolute atomic E-state index is 12.2. The molecule has 1 fully saturated rings. The van der Waals surface area contributed by atoms with Crippen molar-refractivity contribution in [2.24, 2.45) is 5.73 Å². The van der Waals surface area contributed by atoms with Crippen LogP contribution in [0.3, 0.4) is 0 Å². The van der Waals surface area contributed by atoms with Gasteiger partial charge in [0.15, 0.2) is 0 Å². The number of hydrogen-bond acceptors (Lipinski definition) is 2. The van der Waals surface area contributed by atoms with Gasteiger partial charge in [0, 0.05) is 23.6 Å². The molecule has 0 bridgehead atoms. The van der Waals surface area contributed by atoms with Crippen molar-refractivity contribution in [3.63, 3.8) is 0 Å². The van der Waals surface area contributed by atoms with Gasteiger partial charge in [-0.3, -0.25) is 4.79 Å². The molecule has 0 unspecified atom stereocenters. The molecule has 1 aliphatic heterocycles. The molecule has 0 aromatic heterocycles. The Morgan fingerprint density at radius 1 is 1.41 bits per heavy atom. The molecule has 0 saturated carbocycles. The van der Waals surface area contributed by atoms with Gasteiger partial charge in [-0.25, -0.2) is 0 Å². The average molecular weight is 320 g/mol. The number of hydrogen-bond donors (Lipinski definition) is 1. The minimum atomic E-state index is 0. The number of likely N-dealkylation sites (tertiary alicyclic amines) is 1. The highest BCUT2D eigenvalue weighted by atomic mass is 79.9. The van der Waals surface area contributed by atoms with E-state index in [1.165, 1.54) is 0 Å². The van der Waals surface area contributed by atoms with Crippen molar-refractivity contribution in [3.8, 4) is 0 Å². The SMILES string of the molecule is Cl.N[C@@H]1CCCN(C(=O)c2ccccc2Br)C1. The second-order valence-corrected chi connectivity index (χ2v) is 4.99. The number of halogens is 2. The van der Waals surface area contributed by atoms with Gasteiger partial charge in [-0.1, -0.05) is 12.1 Å². The second kappa shape index (κ2) is 6.38. The van der Waals surface area contributed by atoms with Crippen molar-refractivity contribution >= 4 is 34.2 Å². The molecule has 1 aliphatic rings. The largest absolute Gasteiger partial charge is 0.337 e. The summed E-state index contributed by atoms with van der Waals surface area (Å²) in [7, 11) is 0. The zero-order valence-corrected chi connectivity index (χ0v) is 11.8. The van der Waals surface area contributed by atoms with Gasteiger partial charge in [0.2, 0.25) is 0 Å². The van der Waals surface area contributed by atoms with E-state index in [4.69, 9.17) is 5.73 Å². The molecule has 1 atom stereocenters. The molecule has 0 radical (unpaired) electrons. The van der Waals surface area contributed by atoms with Gasteiger partial charge in [0.1, 0.15) is 0 Å². The van der Waals surface area contributed by atoms with E-state index in [9.17, 15) is 4.79 Å². The summed E-state index contributed by atoms with van der Waals surface area (Å²) in [4.78, 5) is 14.0. The molecule has 1 aromatic rings. The molecule has 94 valence electrons. The van der Waals surface area contributed by atoms with Crippen LogP contribution in [0.4, 0.5) is 0 Å². The van der Waals surface area contributed by atoms with Crippen LogP contribution in [0.15, 0.2) is 28.7 Å². The van der Waals surface area contributed by atoms with E-state index in [-0.39, 0.29) is 24.4 Å². The van der Waals surface area contributed by atoms with E-state index >= 15 is 0 Å². The number of piperidine rings is 1. The Labute approximate surface area is 116 Å². The van der Waals surface area contributed by atoms with Crippen molar-refractivity contribution in [2.75, 3.05) is 13.1 Å². The minimum Gasteiger partial charge on any atom is -0.337 e. The minimum absolute atomic E-state index is 0. The van der Waals surface area contributed by atoms with Crippen molar-refractivity contribution in [1.82, 2.24) is 4.90 Å². The van der Waals surface area contributed by atoms with E-state index in [1.54, 1.807) is 0 Å². The average Bonchev–Trinajstić information content (AvgIpc) is 2.29. The molecule has 0 aliphatic carbocycles. The van der Waals surface area contributed by atoms with Crippen molar-refractivity contribution in [2.45, 2.75) is 18.9 Å². The smallest absolute Gasteiger partial charge is 0.255 e. The van der Waals surface area contributed by atoms with Crippen LogP contribution < -0.4 is 5.73 Å². The van der Waals surface area contributed by atoms with Crippen LogP contribution in [0.1, 0.15) is 23.2 Å². The number of nitrogens with zero attached hydrogens (tertiary/aromatic N) is 1. The third-order valence-corrected chi connectivity index (χ3v) is 3.54. The summed E-state index contributed by atoms with van der Waals surface area (Å²) in [5.41, 5.74) is 6.59. The van der Waals surface area contributed by atoms with Crippen LogP contribution in [0, 0.1) is 0 Å².